The number of nitrogens with zero attached hydrogens (tertiary/aromatic N) is 1. The van der Waals surface area contributed by atoms with E-state index < -0.39 is 23.1 Å². The van der Waals surface area contributed by atoms with Crippen LogP contribution in [0.2, 0.25) is 0 Å². The van der Waals surface area contributed by atoms with Gasteiger partial charge in [0.2, 0.25) is 0 Å². The molecule has 0 aromatic heterocycles. The maximum absolute atomic E-state index is 13.8. The van der Waals surface area contributed by atoms with E-state index in [1.807, 2.05) is 0 Å². The van der Waals surface area contributed by atoms with E-state index in [1.165, 1.54) is 4.90 Å². The van der Waals surface area contributed by atoms with Crippen molar-refractivity contribution in [2.24, 2.45) is 0 Å². The minimum atomic E-state index is -0.837. The molecule has 3 nitrogen and oxygen atoms in total. The molecule has 2 unspecified atom stereocenters. The number of amides is 1. The second kappa shape index (κ2) is 4.83. The second-order valence-electron chi connectivity index (χ2n) is 4.91. The molecule has 2 atom stereocenters. The van der Waals surface area contributed by atoms with Gasteiger partial charge in [0, 0.05) is 17.6 Å². The fourth-order valence-electron chi connectivity index (χ4n) is 2.69. The lowest BCUT2D eigenvalue weighted by Crippen LogP contribution is -2.46. The van der Waals surface area contributed by atoms with Crippen LogP contribution in [0.5, 0.6) is 0 Å². The van der Waals surface area contributed by atoms with Crippen LogP contribution in [0.15, 0.2) is 16.6 Å². The molecule has 6 heteroatoms. The van der Waals surface area contributed by atoms with E-state index >= 15 is 0 Å². The Morgan fingerprint density at radius 3 is 2.26 bits per heavy atom. The molecule has 1 aromatic carbocycles. The molecular formula is C13H12BrF2NO2. The van der Waals surface area contributed by atoms with E-state index in [9.17, 15) is 13.6 Å². The van der Waals surface area contributed by atoms with E-state index in [0.717, 1.165) is 25.0 Å². The first-order chi connectivity index (χ1) is 9.04. The third-order valence-corrected chi connectivity index (χ3v) is 4.01. The Kier molecular flexibility index (Phi) is 3.30. The van der Waals surface area contributed by atoms with Crippen molar-refractivity contribution in [2.45, 2.75) is 25.0 Å². The van der Waals surface area contributed by atoms with Crippen LogP contribution in [0.1, 0.15) is 23.2 Å². The quantitative estimate of drug-likeness (QED) is 0.791. The molecule has 0 spiro atoms. The fraction of sp³-hybridized carbons (Fsp3) is 0.462. The van der Waals surface area contributed by atoms with Gasteiger partial charge in [-0.2, -0.15) is 0 Å². The fourth-order valence-corrected chi connectivity index (χ4v) is 3.09. The van der Waals surface area contributed by atoms with Gasteiger partial charge in [-0.25, -0.2) is 8.78 Å². The smallest absolute Gasteiger partial charge is 0.260 e. The predicted molar refractivity (Wildman–Crippen MR) is 67.9 cm³/mol. The number of ether oxygens (including phenoxy) is 1. The van der Waals surface area contributed by atoms with Crippen molar-refractivity contribution in [2.75, 3.05) is 13.1 Å². The van der Waals surface area contributed by atoms with E-state index in [2.05, 4.69) is 15.9 Å². The van der Waals surface area contributed by atoms with Crippen LogP contribution in [0.3, 0.4) is 0 Å². The average molecular weight is 332 g/mol. The summed E-state index contributed by atoms with van der Waals surface area (Å²) in [6, 6.07) is 2.21. The number of morpholine rings is 1. The molecule has 3 rings (SSSR count). The molecule has 2 heterocycles. The Balaban J connectivity index is 1.88. The largest absolute Gasteiger partial charge is 0.371 e. The number of carbonyl (C=O) groups excluding carboxylic acids is 1. The number of benzene rings is 1. The number of carbonyl (C=O) groups is 1. The Labute approximate surface area is 117 Å². The van der Waals surface area contributed by atoms with Gasteiger partial charge in [0.25, 0.3) is 5.91 Å². The highest BCUT2D eigenvalue weighted by atomic mass is 79.9. The number of likely N-dealkylation sites (tertiary alicyclic amines) is 1. The molecule has 2 aliphatic rings. The Morgan fingerprint density at radius 1 is 1.21 bits per heavy atom. The number of halogens is 3. The second-order valence-corrected chi connectivity index (χ2v) is 5.83. The van der Waals surface area contributed by atoms with Crippen LogP contribution in [0.25, 0.3) is 0 Å². The number of rotatable bonds is 1. The Morgan fingerprint density at radius 2 is 1.74 bits per heavy atom. The summed E-state index contributed by atoms with van der Waals surface area (Å²) in [4.78, 5) is 13.7. The monoisotopic (exact) mass is 331 g/mol. The molecule has 0 aliphatic carbocycles. The molecule has 2 saturated heterocycles. The lowest BCUT2D eigenvalue weighted by molar-refractivity contribution is -0.0306. The Hall–Kier alpha value is -1.01. The van der Waals surface area contributed by atoms with Crippen LogP contribution in [-0.4, -0.2) is 36.1 Å². The highest BCUT2D eigenvalue weighted by molar-refractivity contribution is 9.10. The van der Waals surface area contributed by atoms with Gasteiger partial charge in [-0.05, 0) is 25.0 Å². The van der Waals surface area contributed by atoms with Gasteiger partial charge in [-0.15, -0.1) is 0 Å². The highest BCUT2D eigenvalue weighted by Crippen LogP contribution is 2.28. The first-order valence-electron chi connectivity index (χ1n) is 6.14. The third kappa shape index (κ3) is 2.39. The van der Waals surface area contributed by atoms with Crippen molar-refractivity contribution in [3.63, 3.8) is 0 Å². The van der Waals surface area contributed by atoms with Gasteiger partial charge in [-0.3, -0.25) is 4.79 Å². The van der Waals surface area contributed by atoms with Crippen LogP contribution >= 0.6 is 15.9 Å². The molecule has 2 fully saturated rings. The van der Waals surface area contributed by atoms with Crippen molar-refractivity contribution in [3.05, 3.63) is 33.8 Å². The summed E-state index contributed by atoms with van der Waals surface area (Å²) in [5.74, 6) is -2.27. The molecule has 0 N–H and O–H groups in total. The first kappa shape index (κ1) is 13.0. The average Bonchev–Trinajstić information content (AvgIpc) is 2.66. The van der Waals surface area contributed by atoms with Gasteiger partial charge < -0.3 is 9.64 Å². The molecule has 102 valence electrons. The summed E-state index contributed by atoms with van der Waals surface area (Å²) in [7, 11) is 0. The topological polar surface area (TPSA) is 29.5 Å². The molecule has 2 bridgehead atoms. The van der Waals surface area contributed by atoms with Crippen LogP contribution in [-0.2, 0) is 4.74 Å². The van der Waals surface area contributed by atoms with Crippen molar-refractivity contribution in [1.29, 1.82) is 0 Å². The van der Waals surface area contributed by atoms with Crippen molar-refractivity contribution >= 4 is 21.8 Å². The number of fused-ring (bicyclic) bond motifs is 2. The summed E-state index contributed by atoms with van der Waals surface area (Å²) in [6.07, 6.45) is 1.81. The highest BCUT2D eigenvalue weighted by Gasteiger charge is 2.37. The van der Waals surface area contributed by atoms with E-state index in [4.69, 9.17) is 4.74 Å². The van der Waals surface area contributed by atoms with Crippen LogP contribution < -0.4 is 0 Å². The van der Waals surface area contributed by atoms with Gasteiger partial charge in [0.1, 0.15) is 17.2 Å². The predicted octanol–water partition coefficient (Wildman–Crippen LogP) is 2.73. The SMILES string of the molecule is O=C(c1c(F)cc(Br)cc1F)N1CC2CCC(C1)O2. The summed E-state index contributed by atoms with van der Waals surface area (Å²) >= 11 is 3.00. The van der Waals surface area contributed by atoms with E-state index in [0.29, 0.717) is 13.1 Å². The summed E-state index contributed by atoms with van der Waals surface area (Å²) in [5, 5.41) is 0. The maximum atomic E-state index is 13.8. The number of hydrogen-bond acceptors (Lipinski definition) is 2. The van der Waals surface area contributed by atoms with Crippen molar-refractivity contribution < 1.29 is 18.3 Å². The zero-order valence-electron chi connectivity index (χ0n) is 10.0. The minimum absolute atomic E-state index is 0.00395. The molecule has 1 amide bonds. The molecular weight excluding hydrogens is 320 g/mol. The number of hydrogen-bond donors (Lipinski definition) is 0. The normalized spacial score (nSPS) is 25.7. The van der Waals surface area contributed by atoms with Gasteiger partial charge >= 0.3 is 0 Å². The molecule has 0 radical (unpaired) electrons. The summed E-state index contributed by atoms with van der Waals surface area (Å²) in [6.45, 7) is 0.814. The van der Waals surface area contributed by atoms with Crippen molar-refractivity contribution in [1.82, 2.24) is 4.90 Å². The lowest BCUT2D eigenvalue weighted by atomic mass is 10.1. The maximum Gasteiger partial charge on any atom is 0.260 e. The molecule has 19 heavy (non-hydrogen) atoms. The van der Waals surface area contributed by atoms with Gasteiger partial charge in [-0.1, -0.05) is 15.9 Å². The van der Waals surface area contributed by atoms with Gasteiger partial charge in [0.15, 0.2) is 0 Å². The zero-order chi connectivity index (χ0) is 13.6. The molecule has 2 aliphatic heterocycles. The molecule has 1 aromatic rings. The standard InChI is InChI=1S/C13H12BrF2NO2/c14-7-3-10(15)12(11(16)4-7)13(18)17-5-8-1-2-9(6-17)19-8/h3-4,8-9H,1-2,5-6H2. The van der Waals surface area contributed by atoms with E-state index in [-0.39, 0.29) is 16.7 Å². The van der Waals surface area contributed by atoms with Gasteiger partial charge in [0.05, 0.1) is 12.2 Å². The lowest BCUT2D eigenvalue weighted by Gasteiger charge is -2.32. The first-order valence-corrected chi connectivity index (χ1v) is 6.93. The van der Waals surface area contributed by atoms with Crippen molar-refractivity contribution in [3.8, 4) is 0 Å². The van der Waals surface area contributed by atoms with Crippen LogP contribution in [0, 0.1) is 11.6 Å². The van der Waals surface area contributed by atoms with Crippen LogP contribution in [0.4, 0.5) is 8.78 Å². The van der Waals surface area contributed by atoms with E-state index in [1.54, 1.807) is 0 Å². The summed E-state index contributed by atoms with van der Waals surface area (Å²) < 4.78 is 33.4. The Bertz CT molecular complexity index is 502. The minimum Gasteiger partial charge on any atom is -0.371 e. The molecule has 0 saturated carbocycles. The summed E-state index contributed by atoms with van der Waals surface area (Å²) in [5.41, 5.74) is -0.482. The third-order valence-electron chi connectivity index (χ3n) is 3.55. The zero-order valence-corrected chi connectivity index (χ0v) is 11.6.